The molecule has 2 saturated heterocycles. The quantitative estimate of drug-likeness (QED) is 0.821. The summed E-state index contributed by atoms with van der Waals surface area (Å²) in [5.74, 6) is 0.581. The minimum absolute atomic E-state index is 0.0583. The molecular formula is C14H25N3O3. The van der Waals surface area contributed by atoms with Gasteiger partial charge in [-0.25, -0.2) is 0 Å². The largest absolute Gasteiger partial charge is 0.468 e. The number of likely N-dealkylation sites (tertiary alicyclic amines) is 1. The highest BCUT2D eigenvalue weighted by Gasteiger charge is 2.39. The molecule has 0 aromatic carbocycles. The number of hydrogen-bond donors (Lipinski definition) is 1. The fraction of sp³-hybridized carbons (Fsp3) is 0.929. The second-order valence-corrected chi connectivity index (χ2v) is 6.05. The van der Waals surface area contributed by atoms with Crippen molar-refractivity contribution in [1.82, 2.24) is 10.2 Å². The van der Waals surface area contributed by atoms with Gasteiger partial charge in [0.2, 0.25) is 0 Å². The Labute approximate surface area is 120 Å². The molecule has 3 aliphatic heterocycles. The Morgan fingerprint density at radius 2 is 2.20 bits per heavy atom. The van der Waals surface area contributed by atoms with Gasteiger partial charge in [0.05, 0.1) is 6.61 Å². The molecule has 0 aromatic heterocycles. The summed E-state index contributed by atoms with van der Waals surface area (Å²) in [6, 6.07) is 0. The van der Waals surface area contributed by atoms with Crippen LogP contribution in [0.1, 0.15) is 26.2 Å². The lowest BCUT2D eigenvalue weighted by atomic mass is 10.1. The molecule has 0 radical (unpaired) electrons. The van der Waals surface area contributed by atoms with Crippen LogP contribution in [0.3, 0.4) is 0 Å². The molecular weight excluding hydrogens is 258 g/mol. The first kappa shape index (κ1) is 14.1. The minimum atomic E-state index is -0.501. The van der Waals surface area contributed by atoms with E-state index in [1.165, 1.54) is 32.4 Å². The molecule has 0 bridgehead atoms. The van der Waals surface area contributed by atoms with Crippen LogP contribution in [0.5, 0.6) is 0 Å². The molecule has 0 aliphatic carbocycles. The molecule has 0 aromatic rings. The first-order valence-electron chi connectivity index (χ1n) is 7.70. The van der Waals surface area contributed by atoms with Crippen molar-refractivity contribution in [2.75, 3.05) is 45.9 Å². The summed E-state index contributed by atoms with van der Waals surface area (Å²) in [4.78, 5) is 7.84. The van der Waals surface area contributed by atoms with Crippen LogP contribution >= 0.6 is 0 Å². The Balaban J connectivity index is 1.56. The van der Waals surface area contributed by atoms with Gasteiger partial charge < -0.3 is 19.6 Å². The van der Waals surface area contributed by atoms with Gasteiger partial charge in [0.15, 0.2) is 12.2 Å². The van der Waals surface area contributed by atoms with E-state index in [0.717, 1.165) is 13.1 Å². The van der Waals surface area contributed by atoms with E-state index in [4.69, 9.17) is 14.3 Å². The van der Waals surface area contributed by atoms with Gasteiger partial charge >= 0.3 is 0 Å². The predicted octanol–water partition coefficient (Wildman–Crippen LogP) is 0.580. The van der Waals surface area contributed by atoms with Crippen LogP contribution in [-0.4, -0.2) is 68.4 Å². The molecule has 0 amide bonds. The molecule has 0 spiro atoms. The Hall–Kier alpha value is -0.850. The summed E-state index contributed by atoms with van der Waals surface area (Å²) in [7, 11) is 0. The molecule has 114 valence electrons. The van der Waals surface area contributed by atoms with Gasteiger partial charge in [-0.1, -0.05) is 6.42 Å². The van der Waals surface area contributed by atoms with Gasteiger partial charge in [0.25, 0.3) is 5.90 Å². The third-order valence-corrected chi connectivity index (χ3v) is 4.21. The topological polar surface area (TPSA) is 55.3 Å². The van der Waals surface area contributed by atoms with Crippen LogP contribution < -0.4 is 5.32 Å². The average molecular weight is 283 g/mol. The minimum Gasteiger partial charge on any atom is -0.468 e. The Bertz CT molecular complexity index is 350. The van der Waals surface area contributed by atoms with E-state index in [0.29, 0.717) is 25.7 Å². The van der Waals surface area contributed by atoms with Crippen molar-refractivity contribution in [1.29, 1.82) is 0 Å². The van der Waals surface area contributed by atoms with Crippen LogP contribution in [0.2, 0.25) is 0 Å². The van der Waals surface area contributed by atoms with E-state index < -0.39 is 5.60 Å². The normalized spacial score (nSPS) is 35.9. The molecule has 3 aliphatic rings. The van der Waals surface area contributed by atoms with Gasteiger partial charge in [-0.2, -0.15) is 0 Å². The molecule has 2 unspecified atom stereocenters. The zero-order chi connectivity index (χ0) is 13.8. The van der Waals surface area contributed by atoms with Gasteiger partial charge in [0.1, 0.15) is 6.10 Å². The summed E-state index contributed by atoms with van der Waals surface area (Å²) in [5.41, 5.74) is -0.501. The maximum absolute atomic E-state index is 6.05. The van der Waals surface area contributed by atoms with Crippen LogP contribution in [0.15, 0.2) is 5.16 Å². The summed E-state index contributed by atoms with van der Waals surface area (Å²) in [6.45, 7) is 8.06. The van der Waals surface area contributed by atoms with Gasteiger partial charge in [-0.15, -0.1) is 0 Å². The third kappa shape index (κ3) is 3.24. The number of oxime groups is 1. The van der Waals surface area contributed by atoms with Crippen LogP contribution in [0.4, 0.5) is 0 Å². The molecule has 20 heavy (non-hydrogen) atoms. The molecule has 6 heteroatoms. The van der Waals surface area contributed by atoms with Crippen molar-refractivity contribution in [2.45, 2.75) is 37.9 Å². The van der Waals surface area contributed by atoms with E-state index >= 15 is 0 Å². The van der Waals surface area contributed by atoms with Crippen molar-refractivity contribution >= 4 is 5.90 Å². The molecule has 1 N–H and O–H groups in total. The number of rotatable bonds is 3. The second-order valence-electron chi connectivity index (χ2n) is 6.05. The fourth-order valence-corrected chi connectivity index (χ4v) is 3.00. The lowest BCUT2D eigenvalue weighted by Gasteiger charge is -2.38. The Morgan fingerprint density at radius 3 is 2.95 bits per heavy atom. The maximum atomic E-state index is 6.05. The number of ether oxygens (including phenoxy) is 2. The van der Waals surface area contributed by atoms with Crippen molar-refractivity contribution in [3.63, 3.8) is 0 Å². The maximum Gasteiger partial charge on any atom is 0.259 e. The summed E-state index contributed by atoms with van der Waals surface area (Å²) >= 11 is 0. The van der Waals surface area contributed by atoms with Crippen LogP contribution in [0, 0.1) is 0 Å². The average Bonchev–Trinajstić information content (AvgIpc) is 2.49. The molecule has 2 atom stereocenters. The highest BCUT2D eigenvalue weighted by atomic mass is 16.7. The highest BCUT2D eigenvalue weighted by molar-refractivity contribution is 5.85. The predicted molar refractivity (Wildman–Crippen MR) is 75.8 cm³/mol. The standard InChI is InChI=1S/C14H25N3O3/c1-14(11-15-5-8-18-14)13-16-19-10-12(20-13)9-17-6-3-2-4-7-17/h12,15H,2-11H2,1H3. The summed E-state index contributed by atoms with van der Waals surface area (Å²) in [6.07, 6.45) is 3.99. The monoisotopic (exact) mass is 283 g/mol. The van der Waals surface area contributed by atoms with E-state index in [1.807, 2.05) is 6.92 Å². The van der Waals surface area contributed by atoms with Crippen LogP contribution in [0.25, 0.3) is 0 Å². The molecule has 3 heterocycles. The smallest absolute Gasteiger partial charge is 0.259 e. The first-order chi connectivity index (χ1) is 9.76. The van der Waals surface area contributed by atoms with Crippen molar-refractivity contribution in [2.24, 2.45) is 5.16 Å². The van der Waals surface area contributed by atoms with Crippen molar-refractivity contribution in [3.05, 3.63) is 0 Å². The van der Waals surface area contributed by atoms with Crippen molar-refractivity contribution in [3.8, 4) is 0 Å². The SMILES string of the molecule is CC1(C2=NOCC(CN3CCCCC3)O2)CNCCO1. The first-order valence-corrected chi connectivity index (χ1v) is 7.70. The third-order valence-electron chi connectivity index (χ3n) is 4.21. The van der Waals surface area contributed by atoms with Gasteiger partial charge in [-0.05, 0) is 38.0 Å². The number of piperidine rings is 1. The molecule has 2 fully saturated rings. The lowest BCUT2D eigenvalue weighted by Crippen LogP contribution is -2.56. The highest BCUT2D eigenvalue weighted by Crippen LogP contribution is 2.21. The van der Waals surface area contributed by atoms with Gasteiger partial charge in [0, 0.05) is 19.6 Å². The lowest BCUT2D eigenvalue weighted by molar-refractivity contribution is -0.0637. The van der Waals surface area contributed by atoms with Gasteiger partial charge in [-0.3, -0.25) is 4.90 Å². The Kier molecular flexibility index (Phi) is 4.43. The van der Waals surface area contributed by atoms with E-state index in [-0.39, 0.29) is 6.10 Å². The number of morpholine rings is 1. The summed E-state index contributed by atoms with van der Waals surface area (Å²) in [5, 5.41) is 7.40. The zero-order valence-corrected chi connectivity index (χ0v) is 12.3. The fourth-order valence-electron chi connectivity index (χ4n) is 3.00. The van der Waals surface area contributed by atoms with Crippen LogP contribution in [-0.2, 0) is 14.3 Å². The van der Waals surface area contributed by atoms with E-state index in [9.17, 15) is 0 Å². The second kappa shape index (κ2) is 6.28. The molecule has 3 rings (SSSR count). The number of nitrogens with one attached hydrogen (secondary N) is 1. The van der Waals surface area contributed by atoms with Crippen molar-refractivity contribution < 1.29 is 14.3 Å². The van der Waals surface area contributed by atoms with E-state index in [2.05, 4.69) is 15.4 Å². The zero-order valence-electron chi connectivity index (χ0n) is 12.3. The number of nitrogens with zero attached hydrogens (tertiary/aromatic N) is 2. The molecule has 6 nitrogen and oxygen atoms in total. The number of hydrogen-bond acceptors (Lipinski definition) is 6. The Morgan fingerprint density at radius 1 is 1.35 bits per heavy atom. The molecule has 0 saturated carbocycles. The van der Waals surface area contributed by atoms with E-state index in [1.54, 1.807) is 0 Å². The summed E-state index contributed by atoms with van der Waals surface area (Å²) < 4.78 is 11.9.